The summed E-state index contributed by atoms with van der Waals surface area (Å²) in [4.78, 5) is 16.2. The zero-order valence-corrected chi connectivity index (χ0v) is 16.5. The summed E-state index contributed by atoms with van der Waals surface area (Å²) in [6, 6.07) is 0. The molecule has 0 aliphatic heterocycles. The summed E-state index contributed by atoms with van der Waals surface area (Å²) in [5.41, 5.74) is 0.406. The van der Waals surface area contributed by atoms with Gasteiger partial charge in [-0.2, -0.15) is 0 Å². The van der Waals surface area contributed by atoms with Crippen LogP contribution in [0.5, 0.6) is 0 Å². The molecule has 5 heteroatoms. The Kier molecular flexibility index (Phi) is 9.41. The highest BCUT2D eigenvalue weighted by Crippen LogP contribution is 2.28. The number of carbonyl (C=O) groups is 1. The van der Waals surface area contributed by atoms with Crippen LogP contribution in [-0.2, 0) is 4.74 Å². The number of amides is 1. The molecule has 5 nitrogen and oxygen atoms in total. The molecule has 0 rings (SSSR count). The molecule has 1 amide bonds. The van der Waals surface area contributed by atoms with Crippen LogP contribution in [0.3, 0.4) is 0 Å². The van der Waals surface area contributed by atoms with E-state index in [1.165, 1.54) is 6.20 Å². The monoisotopic (exact) mass is 337 g/mol. The highest BCUT2D eigenvalue weighted by molar-refractivity contribution is 5.83. The van der Waals surface area contributed by atoms with Gasteiger partial charge in [0, 0.05) is 30.3 Å². The SMILES string of the molecule is C=CN=C(CC)N/C(C)=C/C(CC)(CC)CNC(=O)OC(C)(C)C. The second kappa shape index (κ2) is 10.2. The number of hydrogen-bond acceptors (Lipinski definition) is 3. The summed E-state index contributed by atoms with van der Waals surface area (Å²) in [5.74, 6) is 0.875. The standard InChI is InChI=1S/C19H35N3O2/c1-9-16(20-12-4)22-15(5)13-19(10-2,11-3)14-21-17(23)24-18(6,7)8/h12-13H,4,9-11,14H2,1-3,5-8H3,(H,20,22)(H,21,23)/b15-13+. The number of allylic oxidation sites excluding steroid dienone is 1. The van der Waals surface area contributed by atoms with Crippen molar-refractivity contribution in [2.24, 2.45) is 10.4 Å². The van der Waals surface area contributed by atoms with E-state index in [1.54, 1.807) is 0 Å². The molecule has 0 fully saturated rings. The minimum atomic E-state index is -0.490. The molecule has 0 spiro atoms. The Balaban J connectivity index is 5.03. The third-order valence-electron chi connectivity index (χ3n) is 3.84. The van der Waals surface area contributed by atoms with Gasteiger partial charge in [0.1, 0.15) is 11.4 Å². The maximum atomic E-state index is 11.9. The molecule has 0 atom stereocenters. The van der Waals surface area contributed by atoms with Gasteiger partial charge in [0.15, 0.2) is 0 Å². The lowest BCUT2D eigenvalue weighted by atomic mass is 9.81. The number of ether oxygens (including phenoxy) is 1. The van der Waals surface area contributed by atoms with Crippen molar-refractivity contribution in [1.82, 2.24) is 10.6 Å². The minimum absolute atomic E-state index is 0.124. The summed E-state index contributed by atoms with van der Waals surface area (Å²) in [7, 11) is 0. The lowest BCUT2D eigenvalue weighted by molar-refractivity contribution is 0.0507. The Hall–Kier alpha value is -1.78. The molecule has 0 heterocycles. The van der Waals surface area contributed by atoms with E-state index in [0.29, 0.717) is 6.54 Å². The van der Waals surface area contributed by atoms with Gasteiger partial charge in [-0.25, -0.2) is 9.79 Å². The van der Waals surface area contributed by atoms with Crippen LogP contribution in [0, 0.1) is 5.41 Å². The Morgan fingerprint density at radius 2 is 1.79 bits per heavy atom. The number of alkyl carbamates (subject to hydrolysis) is 1. The van der Waals surface area contributed by atoms with Crippen LogP contribution >= 0.6 is 0 Å². The fourth-order valence-corrected chi connectivity index (χ4v) is 2.36. The van der Waals surface area contributed by atoms with E-state index >= 15 is 0 Å². The van der Waals surface area contributed by atoms with E-state index < -0.39 is 5.60 Å². The topological polar surface area (TPSA) is 62.7 Å². The number of carbonyl (C=O) groups excluding carboxylic acids is 1. The molecule has 2 N–H and O–H groups in total. The summed E-state index contributed by atoms with van der Waals surface area (Å²) in [6.45, 7) is 18.1. The van der Waals surface area contributed by atoms with Gasteiger partial charge in [0.2, 0.25) is 0 Å². The van der Waals surface area contributed by atoms with Crippen LogP contribution in [-0.4, -0.2) is 24.1 Å². The highest BCUT2D eigenvalue weighted by atomic mass is 16.6. The second-order valence-corrected chi connectivity index (χ2v) is 6.99. The van der Waals surface area contributed by atoms with E-state index in [-0.39, 0.29) is 11.5 Å². The molecule has 0 bridgehead atoms. The smallest absolute Gasteiger partial charge is 0.407 e. The average molecular weight is 338 g/mol. The Morgan fingerprint density at radius 1 is 1.21 bits per heavy atom. The first kappa shape index (κ1) is 22.2. The van der Waals surface area contributed by atoms with Crippen molar-refractivity contribution >= 4 is 11.9 Å². The van der Waals surface area contributed by atoms with Crippen molar-refractivity contribution < 1.29 is 9.53 Å². The van der Waals surface area contributed by atoms with Gasteiger partial charge in [-0.1, -0.05) is 33.4 Å². The molecule has 0 unspecified atom stereocenters. The fourth-order valence-electron chi connectivity index (χ4n) is 2.36. The van der Waals surface area contributed by atoms with Gasteiger partial charge < -0.3 is 15.4 Å². The van der Waals surface area contributed by atoms with Crippen molar-refractivity contribution in [3.05, 3.63) is 24.6 Å². The third-order valence-corrected chi connectivity index (χ3v) is 3.84. The summed E-state index contributed by atoms with van der Waals surface area (Å²) < 4.78 is 5.32. The first-order chi connectivity index (χ1) is 11.1. The predicted molar refractivity (Wildman–Crippen MR) is 102 cm³/mol. The van der Waals surface area contributed by atoms with Crippen LogP contribution in [0.1, 0.15) is 67.7 Å². The van der Waals surface area contributed by atoms with E-state index in [0.717, 1.165) is 30.8 Å². The average Bonchev–Trinajstić information content (AvgIpc) is 2.49. The quantitative estimate of drug-likeness (QED) is 0.496. The van der Waals surface area contributed by atoms with Gasteiger partial charge in [-0.15, -0.1) is 0 Å². The molecule has 0 aliphatic carbocycles. The first-order valence-corrected chi connectivity index (χ1v) is 8.72. The fraction of sp³-hybridized carbons (Fsp3) is 0.684. The molecule has 0 saturated heterocycles. The molecule has 0 aliphatic rings. The zero-order chi connectivity index (χ0) is 18.8. The zero-order valence-electron chi connectivity index (χ0n) is 16.5. The van der Waals surface area contributed by atoms with Crippen molar-refractivity contribution in [3.63, 3.8) is 0 Å². The van der Waals surface area contributed by atoms with E-state index in [9.17, 15) is 4.79 Å². The Morgan fingerprint density at radius 3 is 2.21 bits per heavy atom. The molecule has 0 aromatic heterocycles. The molecule has 0 aromatic carbocycles. The first-order valence-electron chi connectivity index (χ1n) is 8.72. The van der Waals surface area contributed by atoms with Crippen molar-refractivity contribution in [2.45, 2.75) is 73.3 Å². The lowest BCUT2D eigenvalue weighted by Gasteiger charge is -2.30. The minimum Gasteiger partial charge on any atom is -0.444 e. The molecule has 24 heavy (non-hydrogen) atoms. The second-order valence-electron chi connectivity index (χ2n) is 6.99. The maximum absolute atomic E-state index is 11.9. The van der Waals surface area contributed by atoms with Crippen LogP contribution < -0.4 is 10.6 Å². The van der Waals surface area contributed by atoms with Crippen molar-refractivity contribution in [2.75, 3.05) is 6.54 Å². The maximum Gasteiger partial charge on any atom is 0.407 e. The largest absolute Gasteiger partial charge is 0.444 e. The number of nitrogens with zero attached hydrogens (tertiary/aromatic N) is 1. The van der Waals surface area contributed by atoms with Gasteiger partial charge in [-0.3, -0.25) is 0 Å². The van der Waals surface area contributed by atoms with Gasteiger partial charge >= 0.3 is 6.09 Å². The Bertz CT molecular complexity index is 469. The van der Waals surface area contributed by atoms with Crippen LogP contribution in [0.25, 0.3) is 0 Å². The number of aliphatic imine (C=N–C) groups is 1. The molecular weight excluding hydrogens is 302 g/mol. The van der Waals surface area contributed by atoms with Crippen LogP contribution in [0.4, 0.5) is 4.79 Å². The predicted octanol–water partition coefficient (Wildman–Crippen LogP) is 4.76. The van der Waals surface area contributed by atoms with Crippen molar-refractivity contribution in [3.8, 4) is 0 Å². The highest BCUT2D eigenvalue weighted by Gasteiger charge is 2.26. The lowest BCUT2D eigenvalue weighted by Crippen LogP contribution is -2.39. The number of hydrogen-bond donors (Lipinski definition) is 2. The molecule has 0 saturated carbocycles. The summed E-state index contributed by atoms with van der Waals surface area (Å²) in [5, 5.41) is 6.21. The Labute approximate surface area is 147 Å². The number of rotatable bonds is 8. The van der Waals surface area contributed by atoms with Gasteiger partial charge in [-0.05, 0) is 40.5 Å². The molecule has 0 radical (unpaired) electrons. The van der Waals surface area contributed by atoms with Gasteiger partial charge in [0.25, 0.3) is 0 Å². The molecule has 0 aromatic rings. The molecule has 138 valence electrons. The summed E-state index contributed by atoms with van der Waals surface area (Å²) >= 11 is 0. The normalized spacial score (nSPS) is 13.5. The van der Waals surface area contributed by atoms with Crippen LogP contribution in [0.15, 0.2) is 29.5 Å². The summed E-state index contributed by atoms with van der Waals surface area (Å²) in [6.07, 6.45) is 5.97. The van der Waals surface area contributed by atoms with E-state index in [2.05, 4.69) is 42.1 Å². The molecular formula is C19H35N3O2. The third kappa shape index (κ3) is 8.75. The number of amidine groups is 1. The van der Waals surface area contributed by atoms with Gasteiger partial charge in [0.05, 0.1) is 0 Å². The van der Waals surface area contributed by atoms with E-state index in [1.807, 2.05) is 34.6 Å². The van der Waals surface area contributed by atoms with Crippen LogP contribution in [0.2, 0.25) is 0 Å². The van der Waals surface area contributed by atoms with Crippen molar-refractivity contribution in [1.29, 1.82) is 0 Å². The van der Waals surface area contributed by atoms with E-state index in [4.69, 9.17) is 4.74 Å². The number of nitrogens with one attached hydrogen (secondary N) is 2.